The number of nitrogens with one attached hydrogen (secondary N) is 3. The summed E-state index contributed by atoms with van der Waals surface area (Å²) in [5.41, 5.74) is 6.38. The van der Waals surface area contributed by atoms with Gasteiger partial charge in [-0.25, -0.2) is 9.78 Å². The van der Waals surface area contributed by atoms with Gasteiger partial charge in [0.15, 0.2) is 0 Å². The number of H-pyrrole nitrogens is 1. The predicted octanol–water partition coefficient (Wildman–Crippen LogP) is 5.99. The van der Waals surface area contributed by atoms with Crippen LogP contribution < -0.4 is 10.6 Å². The highest BCUT2D eigenvalue weighted by atomic mass is 16.5. The number of ether oxygens (including phenoxy) is 2. The van der Waals surface area contributed by atoms with Gasteiger partial charge in [0.25, 0.3) is 0 Å². The van der Waals surface area contributed by atoms with Crippen molar-refractivity contribution in [2.45, 2.75) is 69.6 Å². The molecule has 47 heavy (non-hydrogen) atoms. The first kappa shape index (κ1) is 32.5. The molecule has 2 saturated carbocycles. The van der Waals surface area contributed by atoms with Crippen molar-refractivity contribution >= 4 is 23.9 Å². The topological polar surface area (TPSA) is 121 Å². The maximum atomic E-state index is 13.4. The molecule has 3 aromatic rings. The summed E-state index contributed by atoms with van der Waals surface area (Å²) >= 11 is 0. The van der Waals surface area contributed by atoms with E-state index in [9.17, 15) is 9.59 Å². The van der Waals surface area contributed by atoms with Crippen LogP contribution in [0.1, 0.15) is 62.8 Å². The van der Waals surface area contributed by atoms with Gasteiger partial charge in [-0.2, -0.15) is 0 Å². The van der Waals surface area contributed by atoms with E-state index in [1.54, 1.807) is 24.2 Å². The van der Waals surface area contributed by atoms with Crippen LogP contribution in [0.3, 0.4) is 0 Å². The van der Waals surface area contributed by atoms with Crippen molar-refractivity contribution in [3.63, 3.8) is 0 Å². The summed E-state index contributed by atoms with van der Waals surface area (Å²) in [6.45, 7) is 2.33. The first-order valence-corrected chi connectivity index (χ1v) is 16.7. The zero-order chi connectivity index (χ0) is 32.9. The molecule has 248 valence electrons. The van der Waals surface area contributed by atoms with Crippen LogP contribution in [0.4, 0.5) is 4.79 Å². The second-order valence-electron chi connectivity index (χ2n) is 13.0. The summed E-state index contributed by atoms with van der Waals surface area (Å²) in [5, 5.41) is 5.85. The highest BCUT2D eigenvalue weighted by Gasteiger charge is 2.41. The Hall–Kier alpha value is -4.44. The van der Waals surface area contributed by atoms with Crippen LogP contribution in [-0.2, 0) is 14.3 Å². The molecule has 2 heterocycles. The van der Waals surface area contributed by atoms with E-state index in [0.717, 1.165) is 64.1 Å². The molecule has 6 rings (SSSR count). The second kappa shape index (κ2) is 14.5. The molecule has 6 unspecified atom stereocenters. The number of aromatic nitrogens is 2. The second-order valence-corrected chi connectivity index (χ2v) is 13.0. The standard InChI is InChI=1S/C37H46N6O4/c1-23(46-3)34(42-37(45)47-4)36(44)43-17-5-6-30(43)20-39-21-32(38-2)27-13-9-25(10-14-27)26-11-15-28(16-12-26)33-22-40-35(41-33)31-19-24-7-8-29(31)18-24/h9-16,20-24,29-31,34,38H,5-8,17-19H2,1-4H3,(H,40,41)(H,42,45)/b32-21-,39-20?. The number of alkyl carbamates (subject to hydrolysis) is 1. The summed E-state index contributed by atoms with van der Waals surface area (Å²) in [5.74, 6) is 3.26. The van der Waals surface area contributed by atoms with E-state index in [1.807, 2.05) is 13.2 Å². The van der Waals surface area contributed by atoms with E-state index < -0.39 is 18.2 Å². The van der Waals surface area contributed by atoms with Crippen LogP contribution in [-0.4, -0.2) is 79.1 Å². The van der Waals surface area contributed by atoms with Crippen molar-refractivity contribution < 1.29 is 19.1 Å². The average Bonchev–Trinajstić information content (AvgIpc) is 3.94. The monoisotopic (exact) mass is 638 g/mol. The molecule has 0 radical (unpaired) electrons. The Labute approximate surface area is 277 Å². The van der Waals surface area contributed by atoms with Gasteiger partial charge in [-0.05, 0) is 73.1 Å². The number of carbonyl (C=O) groups excluding carboxylic acids is 2. The quantitative estimate of drug-likeness (QED) is 0.222. The minimum atomic E-state index is -0.852. The number of methoxy groups -OCH3 is 2. The predicted molar refractivity (Wildman–Crippen MR) is 184 cm³/mol. The van der Waals surface area contributed by atoms with Crippen LogP contribution in [0.25, 0.3) is 28.1 Å². The number of aromatic amines is 1. The molecule has 3 N–H and O–H groups in total. The lowest BCUT2D eigenvalue weighted by Gasteiger charge is -2.29. The lowest BCUT2D eigenvalue weighted by Crippen LogP contribution is -2.55. The van der Waals surface area contributed by atoms with Gasteiger partial charge in [0.1, 0.15) is 11.9 Å². The Morgan fingerprint density at radius 1 is 1.02 bits per heavy atom. The summed E-state index contributed by atoms with van der Waals surface area (Å²) in [7, 11) is 4.65. The van der Waals surface area contributed by atoms with Gasteiger partial charge in [0.05, 0.1) is 43.0 Å². The molecule has 10 heteroatoms. The Balaban J connectivity index is 1.09. The van der Waals surface area contributed by atoms with Gasteiger partial charge < -0.3 is 30.0 Å². The highest BCUT2D eigenvalue weighted by molar-refractivity contribution is 5.89. The summed E-state index contributed by atoms with van der Waals surface area (Å²) in [6.07, 6.45) is 11.4. The zero-order valence-corrected chi connectivity index (χ0v) is 27.7. The van der Waals surface area contributed by atoms with E-state index in [0.29, 0.717) is 12.5 Å². The highest BCUT2D eigenvalue weighted by Crippen LogP contribution is 2.52. The van der Waals surface area contributed by atoms with Crippen molar-refractivity contribution in [1.29, 1.82) is 0 Å². The molecule has 2 bridgehead atoms. The number of amides is 2. The minimum Gasteiger partial charge on any atom is -0.453 e. The SMILES string of the molecule is CN/C(=C\N=CC1CCCN1C(=O)C(NC(=O)OC)C(C)OC)c1ccc(-c2ccc(-c3cnc(C4CC5CCC4C5)[nH]3)cc2)cc1. The number of hydrogen-bond acceptors (Lipinski definition) is 7. The van der Waals surface area contributed by atoms with Gasteiger partial charge in [-0.3, -0.25) is 9.79 Å². The maximum Gasteiger partial charge on any atom is 0.407 e. The number of imidazole rings is 1. The summed E-state index contributed by atoms with van der Waals surface area (Å²) < 4.78 is 10.1. The van der Waals surface area contributed by atoms with E-state index in [2.05, 4.69) is 69.1 Å². The molecule has 3 aliphatic rings. The number of aliphatic imine (C=N–C) groups is 1. The van der Waals surface area contributed by atoms with Gasteiger partial charge in [-0.15, -0.1) is 0 Å². The first-order valence-electron chi connectivity index (χ1n) is 16.7. The Morgan fingerprint density at radius 3 is 2.38 bits per heavy atom. The molecule has 6 atom stereocenters. The van der Waals surface area contributed by atoms with Crippen molar-refractivity contribution in [2.75, 3.05) is 27.8 Å². The lowest BCUT2D eigenvalue weighted by molar-refractivity contribution is -0.136. The number of hydrogen-bond donors (Lipinski definition) is 3. The number of nitrogens with zero attached hydrogens (tertiary/aromatic N) is 3. The molecular weight excluding hydrogens is 592 g/mol. The lowest BCUT2D eigenvalue weighted by atomic mass is 9.88. The third-order valence-electron chi connectivity index (χ3n) is 10.3. The van der Waals surface area contributed by atoms with Crippen LogP contribution in [0.2, 0.25) is 0 Å². The Morgan fingerprint density at radius 2 is 1.74 bits per heavy atom. The van der Waals surface area contributed by atoms with Gasteiger partial charge in [-0.1, -0.05) is 55.0 Å². The van der Waals surface area contributed by atoms with E-state index in [4.69, 9.17) is 14.5 Å². The van der Waals surface area contributed by atoms with Crippen LogP contribution in [0.5, 0.6) is 0 Å². The number of benzene rings is 2. The maximum absolute atomic E-state index is 13.4. The number of fused-ring (bicyclic) bond motifs is 2. The minimum absolute atomic E-state index is 0.181. The largest absolute Gasteiger partial charge is 0.453 e. The van der Waals surface area contributed by atoms with Crippen LogP contribution >= 0.6 is 0 Å². The molecule has 2 aromatic carbocycles. The van der Waals surface area contributed by atoms with Gasteiger partial charge >= 0.3 is 6.09 Å². The van der Waals surface area contributed by atoms with E-state index in [1.165, 1.54) is 39.9 Å². The molecule has 1 aromatic heterocycles. The van der Waals surface area contributed by atoms with Crippen molar-refractivity contribution in [3.05, 3.63) is 72.3 Å². The normalized spacial score (nSPS) is 23.7. The molecule has 2 amide bonds. The van der Waals surface area contributed by atoms with Crippen molar-refractivity contribution in [3.8, 4) is 22.4 Å². The van der Waals surface area contributed by atoms with E-state index in [-0.39, 0.29) is 11.9 Å². The van der Waals surface area contributed by atoms with Crippen LogP contribution in [0, 0.1) is 11.8 Å². The first-order chi connectivity index (χ1) is 22.9. The summed E-state index contributed by atoms with van der Waals surface area (Å²) in [6, 6.07) is 16.0. The fourth-order valence-corrected chi connectivity index (χ4v) is 7.54. The molecule has 3 fully saturated rings. The van der Waals surface area contributed by atoms with Crippen LogP contribution in [0.15, 0.2) is 65.9 Å². The number of likely N-dealkylation sites (tertiary alicyclic amines) is 1. The average molecular weight is 639 g/mol. The summed E-state index contributed by atoms with van der Waals surface area (Å²) in [4.78, 5) is 40.0. The van der Waals surface area contributed by atoms with Gasteiger partial charge in [0.2, 0.25) is 5.91 Å². The fourth-order valence-electron chi connectivity index (χ4n) is 7.54. The van der Waals surface area contributed by atoms with E-state index >= 15 is 0 Å². The molecule has 0 spiro atoms. The van der Waals surface area contributed by atoms with Crippen molar-refractivity contribution in [1.82, 2.24) is 25.5 Å². The number of carbonyl (C=O) groups is 2. The number of rotatable bonds is 11. The smallest absolute Gasteiger partial charge is 0.407 e. The fraction of sp³-hybridized carbons (Fsp3) is 0.459. The Kier molecular flexibility index (Phi) is 10.1. The molecule has 10 nitrogen and oxygen atoms in total. The molecule has 1 aliphatic heterocycles. The third kappa shape index (κ3) is 7.12. The molecular formula is C37H46N6O4. The zero-order valence-electron chi connectivity index (χ0n) is 27.7. The third-order valence-corrected chi connectivity index (χ3v) is 10.3. The van der Waals surface area contributed by atoms with Gasteiger partial charge in [0, 0.05) is 32.8 Å². The van der Waals surface area contributed by atoms with Crippen molar-refractivity contribution in [2.24, 2.45) is 16.8 Å². The Bertz CT molecular complexity index is 1600. The molecule has 1 saturated heterocycles. The molecule has 2 aliphatic carbocycles.